The molecule has 0 aliphatic rings. The number of hydrogen-bond donors (Lipinski definition) is 2. The number of thiophene rings is 1. The van der Waals surface area contributed by atoms with Crippen molar-refractivity contribution in [2.45, 2.75) is 30.4 Å². The summed E-state index contributed by atoms with van der Waals surface area (Å²) in [6.07, 6.45) is 7.11. The molecule has 0 aliphatic heterocycles. The summed E-state index contributed by atoms with van der Waals surface area (Å²) >= 11 is 0.760. The van der Waals surface area contributed by atoms with E-state index >= 15 is 0 Å². The Hall–Kier alpha value is -1.36. The van der Waals surface area contributed by atoms with Crippen molar-refractivity contribution in [2.24, 2.45) is 0 Å². The fraction of sp³-hybridized carbons (Fsp3) is 0.417. The minimum atomic E-state index is -3.63. The minimum Gasteiger partial charge on any atom is -0.477 e. The van der Waals surface area contributed by atoms with E-state index in [1.165, 1.54) is 6.07 Å². The Morgan fingerprint density at radius 3 is 2.74 bits per heavy atom. The maximum atomic E-state index is 11.9. The van der Waals surface area contributed by atoms with Crippen molar-refractivity contribution < 1.29 is 18.3 Å². The normalized spacial score (nSPS) is 11.2. The molecule has 2 N–H and O–H groups in total. The summed E-state index contributed by atoms with van der Waals surface area (Å²) in [7, 11) is -3.63. The lowest BCUT2D eigenvalue weighted by molar-refractivity contribution is 0.0701. The van der Waals surface area contributed by atoms with Crippen LogP contribution in [0.3, 0.4) is 0 Å². The van der Waals surface area contributed by atoms with Gasteiger partial charge in [0.25, 0.3) is 0 Å². The number of sulfonamides is 1. The van der Waals surface area contributed by atoms with Gasteiger partial charge in [0, 0.05) is 13.0 Å². The predicted octanol–water partition coefficient (Wildman–Crippen LogP) is 1.84. The van der Waals surface area contributed by atoms with E-state index < -0.39 is 16.0 Å². The molecule has 1 rings (SSSR count). The van der Waals surface area contributed by atoms with Gasteiger partial charge in [0.15, 0.2) is 0 Å². The molecular weight excluding hydrogens is 286 g/mol. The van der Waals surface area contributed by atoms with E-state index in [-0.39, 0.29) is 9.09 Å². The van der Waals surface area contributed by atoms with E-state index in [2.05, 4.69) is 10.6 Å². The van der Waals surface area contributed by atoms with Crippen LogP contribution in [-0.2, 0) is 10.0 Å². The van der Waals surface area contributed by atoms with E-state index in [1.54, 1.807) is 6.92 Å². The van der Waals surface area contributed by atoms with Gasteiger partial charge in [0.05, 0.1) is 0 Å². The monoisotopic (exact) mass is 301 g/mol. The van der Waals surface area contributed by atoms with Crippen molar-refractivity contribution in [3.8, 4) is 12.3 Å². The Kier molecular flexibility index (Phi) is 5.54. The summed E-state index contributed by atoms with van der Waals surface area (Å²) in [5, 5.41) is 8.89. The maximum Gasteiger partial charge on any atom is 0.346 e. The van der Waals surface area contributed by atoms with Gasteiger partial charge >= 0.3 is 5.97 Å². The Balaban J connectivity index is 2.70. The van der Waals surface area contributed by atoms with Gasteiger partial charge in [0.1, 0.15) is 9.09 Å². The summed E-state index contributed by atoms with van der Waals surface area (Å²) in [5.74, 6) is 1.37. The fourth-order valence-corrected chi connectivity index (χ4v) is 3.92. The first-order chi connectivity index (χ1) is 8.88. The summed E-state index contributed by atoms with van der Waals surface area (Å²) in [6, 6.07) is 1.37. The summed E-state index contributed by atoms with van der Waals surface area (Å²) in [5.41, 5.74) is 0.449. The highest BCUT2D eigenvalue weighted by Crippen LogP contribution is 2.25. The second kappa shape index (κ2) is 6.70. The van der Waals surface area contributed by atoms with Crippen LogP contribution < -0.4 is 4.72 Å². The molecular formula is C12H15NO4S2. The van der Waals surface area contributed by atoms with Crippen LogP contribution in [0.4, 0.5) is 0 Å². The molecule has 7 heteroatoms. The molecule has 0 unspecified atom stereocenters. The van der Waals surface area contributed by atoms with E-state index in [9.17, 15) is 13.2 Å². The summed E-state index contributed by atoms with van der Waals surface area (Å²) in [4.78, 5) is 10.9. The van der Waals surface area contributed by atoms with Gasteiger partial charge in [-0.3, -0.25) is 0 Å². The zero-order chi connectivity index (χ0) is 14.5. The fourth-order valence-electron chi connectivity index (χ4n) is 1.43. The van der Waals surface area contributed by atoms with E-state index in [0.29, 0.717) is 24.9 Å². The van der Waals surface area contributed by atoms with Crippen molar-refractivity contribution in [3.05, 3.63) is 16.5 Å². The number of rotatable bonds is 7. The molecule has 1 heterocycles. The number of aryl methyl sites for hydroxylation is 1. The van der Waals surface area contributed by atoms with Crippen molar-refractivity contribution in [3.63, 3.8) is 0 Å². The summed E-state index contributed by atoms with van der Waals surface area (Å²) in [6.45, 7) is 1.87. The lowest BCUT2D eigenvalue weighted by atomic mass is 10.2. The topological polar surface area (TPSA) is 83.5 Å². The molecule has 0 spiro atoms. The molecule has 5 nitrogen and oxygen atoms in total. The smallest absolute Gasteiger partial charge is 0.346 e. The third-order valence-electron chi connectivity index (χ3n) is 2.39. The molecule has 0 fully saturated rings. The molecule has 1 aromatic heterocycles. The molecule has 0 bridgehead atoms. The van der Waals surface area contributed by atoms with Crippen LogP contribution in [0.1, 0.15) is 34.5 Å². The molecule has 0 aromatic carbocycles. The second-order valence-corrected chi connectivity index (χ2v) is 6.99. The van der Waals surface area contributed by atoms with Crippen molar-refractivity contribution in [2.75, 3.05) is 6.54 Å². The van der Waals surface area contributed by atoms with Crippen LogP contribution in [0.5, 0.6) is 0 Å². The zero-order valence-electron chi connectivity index (χ0n) is 10.5. The molecule has 0 radical (unpaired) electrons. The van der Waals surface area contributed by atoms with Crippen LogP contribution in [0.25, 0.3) is 0 Å². The molecule has 1 aromatic rings. The van der Waals surface area contributed by atoms with E-state index in [1.807, 2.05) is 0 Å². The highest BCUT2D eigenvalue weighted by molar-refractivity contribution is 7.91. The number of unbranched alkanes of at least 4 members (excludes halogenated alkanes) is 2. The van der Waals surface area contributed by atoms with Crippen molar-refractivity contribution in [1.82, 2.24) is 4.72 Å². The number of terminal acetylenes is 1. The molecule has 0 atom stereocenters. The standard InChI is InChI=1S/C12H15NO4S2/c1-3-4-5-6-7-13-19(16,17)10-8-9(2)11(18-10)12(14)15/h1,8,13H,4-7H2,2H3,(H,14,15). The number of carbonyl (C=O) groups is 1. The molecule has 0 saturated carbocycles. The highest BCUT2D eigenvalue weighted by Gasteiger charge is 2.21. The van der Waals surface area contributed by atoms with Gasteiger partial charge in [0.2, 0.25) is 10.0 Å². The Morgan fingerprint density at radius 2 is 2.21 bits per heavy atom. The van der Waals surface area contributed by atoms with Gasteiger partial charge < -0.3 is 5.11 Å². The van der Waals surface area contributed by atoms with Gasteiger partial charge in [-0.1, -0.05) is 0 Å². The average Bonchev–Trinajstić information content (AvgIpc) is 2.72. The van der Waals surface area contributed by atoms with Gasteiger partial charge in [-0.15, -0.1) is 23.7 Å². The number of aromatic carboxylic acids is 1. The van der Waals surface area contributed by atoms with Gasteiger partial charge in [-0.2, -0.15) is 0 Å². The third-order valence-corrected chi connectivity index (χ3v) is 5.55. The number of carboxylic acid groups (broad SMARTS) is 1. The number of nitrogens with one attached hydrogen (secondary N) is 1. The molecule has 0 aliphatic carbocycles. The van der Waals surface area contributed by atoms with Gasteiger partial charge in [-0.05, 0) is 31.4 Å². The summed E-state index contributed by atoms with van der Waals surface area (Å²) < 4.78 is 26.3. The van der Waals surface area contributed by atoms with E-state index in [0.717, 1.165) is 17.8 Å². The lowest BCUT2D eigenvalue weighted by Gasteiger charge is -2.03. The number of hydrogen-bond acceptors (Lipinski definition) is 4. The Bertz CT molecular complexity index is 596. The molecule has 0 amide bonds. The largest absolute Gasteiger partial charge is 0.477 e. The first kappa shape index (κ1) is 15.7. The van der Waals surface area contributed by atoms with Crippen LogP contribution in [0.15, 0.2) is 10.3 Å². The zero-order valence-corrected chi connectivity index (χ0v) is 12.1. The lowest BCUT2D eigenvalue weighted by Crippen LogP contribution is -2.23. The third kappa shape index (κ3) is 4.35. The SMILES string of the molecule is C#CCCCCNS(=O)(=O)c1cc(C)c(C(=O)O)s1. The Morgan fingerprint density at radius 1 is 1.53 bits per heavy atom. The van der Waals surface area contributed by atoms with Crippen molar-refractivity contribution >= 4 is 27.3 Å². The van der Waals surface area contributed by atoms with Crippen LogP contribution in [0.2, 0.25) is 0 Å². The highest BCUT2D eigenvalue weighted by atomic mass is 32.2. The Labute approximate surface area is 116 Å². The average molecular weight is 301 g/mol. The van der Waals surface area contributed by atoms with Crippen LogP contribution in [0, 0.1) is 19.3 Å². The second-order valence-electron chi connectivity index (χ2n) is 3.94. The predicted molar refractivity (Wildman–Crippen MR) is 73.9 cm³/mol. The van der Waals surface area contributed by atoms with Crippen LogP contribution >= 0.6 is 11.3 Å². The first-order valence-corrected chi connectivity index (χ1v) is 7.95. The maximum absolute atomic E-state index is 11.9. The quantitative estimate of drug-likeness (QED) is 0.594. The van der Waals surface area contributed by atoms with E-state index in [4.69, 9.17) is 11.5 Å². The molecule has 104 valence electrons. The molecule has 0 saturated heterocycles. The molecule has 19 heavy (non-hydrogen) atoms. The van der Waals surface area contributed by atoms with Gasteiger partial charge in [-0.25, -0.2) is 17.9 Å². The van der Waals surface area contributed by atoms with Crippen molar-refractivity contribution in [1.29, 1.82) is 0 Å². The van der Waals surface area contributed by atoms with Crippen LogP contribution in [-0.4, -0.2) is 26.0 Å². The number of carboxylic acids is 1. The first-order valence-electron chi connectivity index (χ1n) is 5.65. The minimum absolute atomic E-state index is 0.0272.